The molecule has 0 atom stereocenters. The van der Waals surface area contributed by atoms with Gasteiger partial charge in [0.15, 0.2) is 0 Å². The maximum Gasteiger partial charge on any atom is 0.0847 e. The van der Waals surface area contributed by atoms with Crippen LogP contribution >= 0.6 is 11.6 Å². The quantitative estimate of drug-likeness (QED) is 0.722. The predicted octanol–water partition coefficient (Wildman–Crippen LogP) is 0.883. The van der Waals surface area contributed by atoms with Crippen LogP contribution in [-0.2, 0) is 13.5 Å². The molecule has 0 aliphatic heterocycles. The molecule has 0 spiro atoms. The van der Waals surface area contributed by atoms with Gasteiger partial charge < -0.3 is 5.73 Å². The second kappa shape index (κ2) is 3.24. The Labute approximate surface area is 71.1 Å². The first-order valence-corrected chi connectivity index (χ1v) is 3.92. The minimum absolute atomic E-state index is 0.610. The molecule has 1 aromatic heterocycles. The van der Waals surface area contributed by atoms with Crippen LogP contribution in [0.5, 0.6) is 0 Å². The fourth-order valence-electron chi connectivity index (χ4n) is 1.09. The number of rotatable bonds is 2. The van der Waals surface area contributed by atoms with E-state index >= 15 is 0 Å². The SMILES string of the molecule is Cc1nn(C)c(CCN)c1Cl. The molecule has 1 rings (SSSR count). The molecule has 0 aromatic carbocycles. The molecule has 4 heteroatoms. The van der Waals surface area contributed by atoms with E-state index in [1.165, 1.54) is 0 Å². The zero-order chi connectivity index (χ0) is 8.43. The zero-order valence-corrected chi connectivity index (χ0v) is 7.52. The molecule has 1 aromatic rings. The largest absolute Gasteiger partial charge is 0.330 e. The molecule has 0 bridgehead atoms. The number of halogens is 1. The molecule has 2 N–H and O–H groups in total. The van der Waals surface area contributed by atoms with Gasteiger partial charge in [-0.3, -0.25) is 4.68 Å². The lowest BCUT2D eigenvalue weighted by molar-refractivity contribution is 0.700. The molecule has 0 unspecified atom stereocenters. The highest BCUT2D eigenvalue weighted by Crippen LogP contribution is 2.18. The van der Waals surface area contributed by atoms with Gasteiger partial charge in [0.2, 0.25) is 0 Å². The van der Waals surface area contributed by atoms with Crippen LogP contribution in [0.4, 0.5) is 0 Å². The van der Waals surface area contributed by atoms with E-state index in [9.17, 15) is 0 Å². The minimum Gasteiger partial charge on any atom is -0.330 e. The Morgan fingerprint density at radius 2 is 2.27 bits per heavy atom. The van der Waals surface area contributed by atoms with E-state index in [1.807, 2.05) is 14.0 Å². The van der Waals surface area contributed by atoms with E-state index in [4.69, 9.17) is 17.3 Å². The highest BCUT2D eigenvalue weighted by molar-refractivity contribution is 6.31. The van der Waals surface area contributed by atoms with E-state index in [0.717, 1.165) is 22.8 Å². The van der Waals surface area contributed by atoms with E-state index in [-0.39, 0.29) is 0 Å². The third-order valence-corrected chi connectivity index (χ3v) is 2.13. The first-order chi connectivity index (χ1) is 5.16. The number of nitrogens with two attached hydrogens (primary N) is 1. The van der Waals surface area contributed by atoms with E-state index in [0.29, 0.717) is 6.54 Å². The van der Waals surface area contributed by atoms with Gasteiger partial charge in [-0.15, -0.1) is 0 Å². The molecule has 0 saturated heterocycles. The number of nitrogens with zero attached hydrogens (tertiary/aromatic N) is 2. The normalized spacial score (nSPS) is 10.5. The number of hydrogen-bond donors (Lipinski definition) is 1. The van der Waals surface area contributed by atoms with Crippen molar-refractivity contribution in [1.29, 1.82) is 0 Å². The van der Waals surface area contributed by atoms with Gasteiger partial charge in [-0.1, -0.05) is 11.6 Å². The van der Waals surface area contributed by atoms with Crippen molar-refractivity contribution in [3.8, 4) is 0 Å². The first kappa shape index (κ1) is 8.56. The van der Waals surface area contributed by atoms with Crippen molar-refractivity contribution in [1.82, 2.24) is 9.78 Å². The Kier molecular flexibility index (Phi) is 2.52. The van der Waals surface area contributed by atoms with Crippen molar-refractivity contribution >= 4 is 11.6 Å². The molecular formula is C7H12ClN3. The lowest BCUT2D eigenvalue weighted by atomic mass is 10.3. The molecule has 0 amide bonds. The minimum atomic E-state index is 0.610. The summed E-state index contributed by atoms with van der Waals surface area (Å²) in [6.45, 7) is 2.50. The third-order valence-electron chi connectivity index (χ3n) is 1.64. The average molecular weight is 174 g/mol. The van der Waals surface area contributed by atoms with Crippen LogP contribution < -0.4 is 5.73 Å². The second-order valence-electron chi connectivity index (χ2n) is 2.51. The number of hydrogen-bond acceptors (Lipinski definition) is 2. The smallest absolute Gasteiger partial charge is 0.0847 e. The molecule has 0 aliphatic rings. The van der Waals surface area contributed by atoms with Crippen molar-refractivity contribution in [2.45, 2.75) is 13.3 Å². The molecule has 0 saturated carbocycles. The second-order valence-corrected chi connectivity index (χ2v) is 2.89. The molecule has 1 heterocycles. The van der Waals surface area contributed by atoms with Gasteiger partial charge in [0.05, 0.1) is 16.4 Å². The van der Waals surface area contributed by atoms with Crippen molar-refractivity contribution in [3.05, 3.63) is 16.4 Å². The summed E-state index contributed by atoms with van der Waals surface area (Å²) in [4.78, 5) is 0. The van der Waals surface area contributed by atoms with Crippen LogP contribution in [0.2, 0.25) is 5.02 Å². The summed E-state index contributed by atoms with van der Waals surface area (Å²) < 4.78 is 1.78. The first-order valence-electron chi connectivity index (χ1n) is 3.55. The fourth-order valence-corrected chi connectivity index (χ4v) is 1.34. The summed E-state index contributed by atoms with van der Waals surface area (Å²) in [5.74, 6) is 0. The Bertz CT molecular complexity index is 254. The molecule has 0 radical (unpaired) electrons. The van der Waals surface area contributed by atoms with Gasteiger partial charge in [-0.2, -0.15) is 5.10 Å². The van der Waals surface area contributed by atoms with Crippen LogP contribution in [0.25, 0.3) is 0 Å². The number of aryl methyl sites for hydroxylation is 2. The van der Waals surface area contributed by atoms with Gasteiger partial charge in [-0.05, 0) is 13.5 Å². The zero-order valence-electron chi connectivity index (χ0n) is 6.76. The van der Waals surface area contributed by atoms with Crippen molar-refractivity contribution in [3.63, 3.8) is 0 Å². The van der Waals surface area contributed by atoms with Crippen LogP contribution in [-0.4, -0.2) is 16.3 Å². The summed E-state index contributed by atoms with van der Waals surface area (Å²) in [5.41, 5.74) is 7.30. The predicted molar refractivity (Wildman–Crippen MR) is 45.7 cm³/mol. The monoisotopic (exact) mass is 173 g/mol. The summed E-state index contributed by atoms with van der Waals surface area (Å²) in [6, 6.07) is 0. The van der Waals surface area contributed by atoms with Crippen LogP contribution in [0, 0.1) is 6.92 Å². The molecule has 11 heavy (non-hydrogen) atoms. The van der Waals surface area contributed by atoms with Crippen LogP contribution in [0.15, 0.2) is 0 Å². The standard InChI is InChI=1S/C7H12ClN3/c1-5-7(8)6(3-4-9)11(2)10-5/h3-4,9H2,1-2H3. The molecular weight excluding hydrogens is 162 g/mol. The summed E-state index contributed by atoms with van der Waals surface area (Å²) in [7, 11) is 1.88. The van der Waals surface area contributed by atoms with Gasteiger partial charge in [0, 0.05) is 13.5 Å². The van der Waals surface area contributed by atoms with Gasteiger partial charge in [0.25, 0.3) is 0 Å². The van der Waals surface area contributed by atoms with Crippen LogP contribution in [0.1, 0.15) is 11.4 Å². The van der Waals surface area contributed by atoms with Crippen molar-refractivity contribution in [2.75, 3.05) is 6.54 Å². The van der Waals surface area contributed by atoms with Gasteiger partial charge >= 0.3 is 0 Å². The van der Waals surface area contributed by atoms with Crippen molar-refractivity contribution in [2.24, 2.45) is 12.8 Å². The fraction of sp³-hybridized carbons (Fsp3) is 0.571. The third kappa shape index (κ3) is 1.54. The van der Waals surface area contributed by atoms with E-state index in [1.54, 1.807) is 4.68 Å². The highest BCUT2D eigenvalue weighted by Gasteiger charge is 2.08. The molecule has 3 nitrogen and oxygen atoms in total. The molecule has 0 fully saturated rings. The maximum absolute atomic E-state index is 5.95. The topological polar surface area (TPSA) is 43.8 Å². The van der Waals surface area contributed by atoms with Crippen LogP contribution in [0.3, 0.4) is 0 Å². The lowest BCUT2D eigenvalue weighted by Crippen LogP contribution is -2.07. The lowest BCUT2D eigenvalue weighted by Gasteiger charge is -1.98. The van der Waals surface area contributed by atoms with Crippen molar-refractivity contribution < 1.29 is 0 Å². The molecule has 0 aliphatic carbocycles. The van der Waals surface area contributed by atoms with E-state index in [2.05, 4.69) is 5.10 Å². The Morgan fingerprint density at radius 3 is 2.64 bits per heavy atom. The number of aromatic nitrogens is 2. The van der Waals surface area contributed by atoms with Gasteiger partial charge in [-0.25, -0.2) is 0 Å². The Hall–Kier alpha value is -0.540. The summed E-state index contributed by atoms with van der Waals surface area (Å²) >= 11 is 5.95. The highest BCUT2D eigenvalue weighted by atomic mass is 35.5. The van der Waals surface area contributed by atoms with Gasteiger partial charge in [0.1, 0.15) is 0 Å². The Balaban J connectivity index is 3.02. The van der Waals surface area contributed by atoms with E-state index < -0.39 is 0 Å². The summed E-state index contributed by atoms with van der Waals surface area (Å²) in [6.07, 6.45) is 0.788. The maximum atomic E-state index is 5.95. The summed E-state index contributed by atoms with van der Waals surface area (Å²) in [5, 5.41) is 4.91. The average Bonchev–Trinajstić information content (AvgIpc) is 2.17. The Morgan fingerprint density at radius 1 is 1.64 bits per heavy atom. The molecule has 62 valence electrons.